The van der Waals surface area contributed by atoms with E-state index in [2.05, 4.69) is 6.92 Å². The van der Waals surface area contributed by atoms with Crippen molar-refractivity contribution in [3.8, 4) is 0 Å². The van der Waals surface area contributed by atoms with Gasteiger partial charge in [-0.25, -0.2) is 0 Å². The summed E-state index contributed by atoms with van der Waals surface area (Å²) in [5, 5.41) is 9.25. The average molecular weight is 255 g/mol. The number of carboxylic acid groups (broad SMARTS) is 1. The fourth-order valence-electron chi connectivity index (χ4n) is 2.77. The summed E-state index contributed by atoms with van der Waals surface area (Å²) < 4.78 is 0. The third-order valence-corrected chi connectivity index (χ3v) is 4.47. The number of carbonyl (C=O) groups is 2. The van der Waals surface area contributed by atoms with Crippen molar-refractivity contribution in [3.63, 3.8) is 0 Å². The van der Waals surface area contributed by atoms with E-state index in [4.69, 9.17) is 0 Å². The third kappa shape index (κ3) is 3.03. The number of amides is 1. The van der Waals surface area contributed by atoms with Gasteiger partial charge >= 0.3 is 5.97 Å². The van der Waals surface area contributed by atoms with Gasteiger partial charge in [-0.2, -0.15) is 0 Å². The predicted octanol–water partition coefficient (Wildman–Crippen LogP) is 2.38. The number of carboxylic acids is 1. The molecule has 4 heteroatoms. The first-order chi connectivity index (χ1) is 8.42. The van der Waals surface area contributed by atoms with Crippen LogP contribution in [-0.4, -0.2) is 35.0 Å². The van der Waals surface area contributed by atoms with Gasteiger partial charge in [0.1, 0.15) is 0 Å². The zero-order valence-electron chi connectivity index (χ0n) is 11.8. The van der Waals surface area contributed by atoms with Crippen LogP contribution < -0.4 is 0 Å². The molecule has 0 aromatic rings. The highest BCUT2D eigenvalue weighted by Crippen LogP contribution is 2.39. The molecule has 2 unspecified atom stereocenters. The van der Waals surface area contributed by atoms with Crippen LogP contribution in [0.2, 0.25) is 0 Å². The van der Waals surface area contributed by atoms with Gasteiger partial charge in [-0.05, 0) is 32.1 Å². The average Bonchev–Trinajstić information content (AvgIpc) is 2.80. The summed E-state index contributed by atoms with van der Waals surface area (Å²) in [5.74, 6) is -1.25. The minimum Gasteiger partial charge on any atom is -0.481 e. The van der Waals surface area contributed by atoms with Gasteiger partial charge in [0.05, 0.1) is 11.8 Å². The molecule has 1 aliphatic rings. The van der Waals surface area contributed by atoms with Gasteiger partial charge in [0.25, 0.3) is 0 Å². The zero-order valence-corrected chi connectivity index (χ0v) is 11.8. The number of hydrogen-bond acceptors (Lipinski definition) is 2. The Labute approximate surface area is 109 Å². The van der Waals surface area contributed by atoms with Crippen molar-refractivity contribution >= 4 is 11.9 Å². The summed E-state index contributed by atoms with van der Waals surface area (Å²) in [6, 6.07) is 0.174. The number of rotatable bonds is 5. The highest BCUT2D eigenvalue weighted by atomic mass is 16.4. The molecule has 4 atom stereocenters. The SMILES string of the molecule is CCC1C[C@H](C(=O)N(C)C(C)CC)[C@H](C(=O)O)C1. The number of hydrogen-bond donors (Lipinski definition) is 1. The second kappa shape index (κ2) is 6.21. The van der Waals surface area contributed by atoms with E-state index in [0.717, 1.165) is 19.3 Å². The van der Waals surface area contributed by atoms with Crippen molar-refractivity contribution < 1.29 is 14.7 Å². The molecule has 104 valence electrons. The van der Waals surface area contributed by atoms with E-state index in [1.165, 1.54) is 0 Å². The molecule has 0 radical (unpaired) electrons. The molecule has 18 heavy (non-hydrogen) atoms. The summed E-state index contributed by atoms with van der Waals surface area (Å²) in [6.07, 6.45) is 3.23. The largest absolute Gasteiger partial charge is 0.481 e. The van der Waals surface area contributed by atoms with Crippen molar-refractivity contribution in [1.29, 1.82) is 0 Å². The van der Waals surface area contributed by atoms with Crippen LogP contribution in [0.1, 0.15) is 46.5 Å². The van der Waals surface area contributed by atoms with Crippen LogP contribution in [0.3, 0.4) is 0 Å². The lowest BCUT2D eigenvalue weighted by Crippen LogP contribution is -2.41. The molecule has 4 nitrogen and oxygen atoms in total. The minimum absolute atomic E-state index is 0.00713. The van der Waals surface area contributed by atoms with Gasteiger partial charge in [-0.1, -0.05) is 20.3 Å². The second-order valence-electron chi connectivity index (χ2n) is 5.50. The van der Waals surface area contributed by atoms with Gasteiger partial charge in [0, 0.05) is 13.1 Å². The Balaban J connectivity index is 2.79. The molecule has 1 fully saturated rings. The van der Waals surface area contributed by atoms with Crippen molar-refractivity contribution in [3.05, 3.63) is 0 Å². The predicted molar refractivity (Wildman–Crippen MR) is 70.2 cm³/mol. The smallest absolute Gasteiger partial charge is 0.307 e. The lowest BCUT2D eigenvalue weighted by Gasteiger charge is -2.28. The van der Waals surface area contributed by atoms with Crippen LogP contribution in [0, 0.1) is 17.8 Å². The molecular weight excluding hydrogens is 230 g/mol. The van der Waals surface area contributed by atoms with E-state index in [0.29, 0.717) is 12.3 Å². The second-order valence-corrected chi connectivity index (χ2v) is 5.50. The summed E-state index contributed by atoms with van der Waals surface area (Å²) in [4.78, 5) is 25.4. The summed E-state index contributed by atoms with van der Waals surface area (Å²) in [6.45, 7) is 6.10. The van der Waals surface area contributed by atoms with Crippen LogP contribution in [0.25, 0.3) is 0 Å². The highest BCUT2D eigenvalue weighted by Gasteiger charge is 2.43. The molecule has 1 rings (SSSR count). The number of aliphatic carboxylic acids is 1. The Bertz CT molecular complexity index is 316. The molecule has 0 aliphatic heterocycles. The van der Waals surface area contributed by atoms with Crippen molar-refractivity contribution in [1.82, 2.24) is 4.90 Å². The monoisotopic (exact) mass is 255 g/mol. The van der Waals surface area contributed by atoms with E-state index in [1.807, 2.05) is 13.8 Å². The molecule has 0 saturated heterocycles. The molecule has 0 spiro atoms. The van der Waals surface area contributed by atoms with E-state index < -0.39 is 11.9 Å². The first-order valence-electron chi connectivity index (χ1n) is 6.91. The Morgan fingerprint density at radius 2 is 1.83 bits per heavy atom. The first kappa shape index (κ1) is 15.0. The standard InChI is InChI=1S/C14H25NO3/c1-5-9(3)15(4)13(16)11-7-10(6-2)8-12(11)14(17)18/h9-12H,5-8H2,1-4H3,(H,17,18)/t9?,10?,11-,12+/m0/s1. The zero-order chi connectivity index (χ0) is 13.9. The summed E-state index contributed by atoms with van der Waals surface area (Å²) in [5.41, 5.74) is 0. The van der Waals surface area contributed by atoms with Crippen LogP contribution in [0.15, 0.2) is 0 Å². The summed E-state index contributed by atoms with van der Waals surface area (Å²) >= 11 is 0. The van der Waals surface area contributed by atoms with Gasteiger partial charge in [-0.15, -0.1) is 0 Å². The Morgan fingerprint density at radius 1 is 1.28 bits per heavy atom. The molecule has 0 aromatic carbocycles. The normalized spacial score (nSPS) is 29.0. The van der Waals surface area contributed by atoms with Crippen molar-refractivity contribution in [2.24, 2.45) is 17.8 Å². The van der Waals surface area contributed by atoms with Crippen LogP contribution in [0.4, 0.5) is 0 Å². The maximum atomic E-state index is 12.4. The molecule has 0 heterocycles. The van der Waals surface area contributed by atoms with Gasteiger partial charge in [0.15, 0.2) is 0 Å². The number of nitrogens with zero attached hydrogens (tertiary/aromatic N) is 1. The van der Waals surface area contributed by atoms with Crippen LogP contribution in [0.5, 0.6) is 0 Å². The first-order valence-corrected chi connectivity index (χ1v) is 6.91. The third-order valence-electron chi connectivity index (χ3n) is 4.47. The van der Waals surface area contributed by atoms with Gasteiger partial charge in [-0.3, -0.25) is 9.59 Å². The van der Waals surface area contributed by atoms with E-state index in [1.54, 1.807) is 11.9 Å². The molecule has 1 aliphatic carbocycles. The van der Waals surface area contributed by atoms with Crippen LogP contribution >= 0.6 is 0 Å². The Hall–Kier alpha value is -1.06. The lowest BCUT2D eigenvalue weighted by molar-refractivity contribution is -0.149. The Morgan fingerprint density at radius 3 is 2.28 bits per heavy atom. The van der Waals surface area contributed by atoms with E-state index >= 15 is 0 Å². The fraction of sp³-hybridized carbons (Fsp3) is 0.857. The maximum absolute atomic E-state index is 12.4. The van der Waals surface area contributed by atoms with Crippen LogP contribution in [-0.2, 0) is 9.59 Å². The van der Waals surface area contributed by atoms with Crippen molar-refractivity contribution in [2.45, 2.75) is 52.5 Å². The van der Waals surface area contributed by atoms with Gasteiger partial charge < -0.3 is 10.0 Å². The molecule has 0 aromatic heterocycles. The molecular formula is C14H25NO3. The maximum Gasteiger partial charge on any atom is 0.307 e. The topological polar surface area (TPSA) is 57.6 Å². The quantitative estimate of drug-likeness (QED) is 0.820. The molecule has 0 bridgehead atoms. The van der Waals surface area contributed by atoms with Crippen molar-refractivity contribution in [2.75, 3.05) is 7.05 Å². The molecule has 1 N–H and O–H groups in total. The number of carbonyl (C=O) groups excluding carboxylic acids is 1. The Kier molecular flexibility index (Phi) is 5.17. The fourth-order valence-corrected chi connectivity index (χ4v) is 2.77. The highest BCUT2D eigenvalue weighted by molar-refractivity contribution is 5.85. The lowest BCUT2D eigenvalue weighted by atomic mass is 9.94. The summed E-state index contributed by atoms with van der Waals surface area (Å²) in [7, 11) is 1.79. The van der Waals surface area contributed by atoms with E-state index in [9.17, 15) is 14.7 Å². The molecule has 1 saturated carbocycles. The van der Waals surface area contributed by atoms with Gasteiger partial charge in [0.2, 0.25) is 5.91 Å². The van der Waals surface area contributed by atoms with E-state index in [-0.39, 0.29) is 17.9 Å². The molecule has 1 amide bonds. The minimum atomic E-state index is -0.818.